The van der Waals surface area contributed by atoms with Crippen molar-refractivity contribution in [1.29, 1.82) is 0 Å². The normalized spacial score (nSPS) is 16.8. The topological polar surface area (TPSA) is 85.2 Å². The van der Waals surface area contributed by atoms with Crippen molar-refractivity contribution in [1.82, 2.24) is 4.98 Å². The molecule has 18 heavy (non-hydrogen) atoms. The highest BCUT2D eigenvalue weighted by molar-refractivity contribution is 5.74. The fourth-order valence-electron chi connectivity index (χ4n) is 2.44. The molecule has 5 nitrogen and oxygen atoms in total. The molecule has 0 bridgehead atoms. The third-order valence-corrected chi connectivity index (χ3v) is 3.59. The molecule has 0 aromatic carbocycles. The lowest BCUT2D eigenvalue weighted by Gasteiger charge is -2.33. The summed E-state index contributed by atoms with van der Waals surface area (Å²) in [6.45, 7) is 3.76. The number of nitrogens with two attached hydrogens (primary N) is 2. The van der Waals surface area contributed by atoms with Crippen LogP contribution in [0.5, 0.6) is 0 Å². The number of anilines is 2. The fraction of sp³-hybridized carbons (Fsp3) is 0.538. The minimum atomic E-state index is -0.207. The van der Waals surface area contributed by atoms with Gasteiger partial charge in [-0.25, -0.2) is 4.98 Å². The van der Waals surface area contributed by atoms with Crippen molar-refractivity contribution in [3.63, 3.8) is 0 Å². The number of aryl methyl sites for hydroxylation is 1. The predicted octanol–water partition coefficient (Wildman–Crippen LogP) is 1.06. The SMILES string of the molecule is Cc1ccnc(N2CCC(CC(N)=O)CC2)c1N. The van der Waals surface area contributed by atoms with Crippen molar-refractivity contribution in [3.05, 3.63) is 17.8 Å². The van der Waals surface area contributed by atoms with Crippen molar-refractivity contribution in [3.8, 4) is 0 Å². The lowest BCUT2D eigenvalue weighted by Crippen LogP contribution is -2.36. The third-order valence-electron chi connectivity index (χ3n) is 3.59. The zero-order valence-electron chi connectivity index (χ0n) is 10.7. The first-order chi connectivity index (χ1) is 8.58. The average molecular weight is 248 g/mol. The summed E-state index contributed by atoms with van der Waals surface area (Å²) in [6.07, 6.45) is 4.22. The molecule has 0 atom stereocenters. The van der Waals surface area contributed by atoms with E-state index in [1.807, 2.05) is 13.0 Å². The van der Waals surface area contributed by atoms with Crippen LogP contribution in [0.2, 0.25) is 0 Å². The van der Waals surface area contributed by atoms with Crippen LogP contribution < -0.4 is 16.4 Å². The summed E-state index contributed by atoms with van der Waals surface area (Å²) in [5, 5.41) is 0. The van der Waals surface area contributed by atoms with Crippen molar-refractivity contribution in [2.24, 2.45) is 11.7 Å². The molecule has 2 rings (SSSR count). The van der Waals surface area contributed by atoms with E-state index in [2.05, 4.69) is 9.88 Å². The van der Waals surface area contributed by atoms with Crippen LogP contribution >= 0.6 is 0 Å². The molecule has 1 fully saturated rings. The van der Waals surface area contributed by atoms with Crippen LogP contribution in [-0.2, 0) is 4.79 Å². The van der Waals surface area contributed by atoms with Crippen molar-refractivity contribution >= 4 is 17.4 Å². The standard InChI is InChI=1S/C13H20N4O/c1-9-2-5-16-13(12(9)15)17-6-3-10(4-7-17)8-11(14)18/h2,5,10H,3-4,6-8,15H2,1H3,(H2,14,18). The number of nitrogens with zero attached hydrogens (tertiary/aromatic N) is 2. The molecular weight excluding hydrogens is 228 g/mol. The van der Waals surface area contributed by atoms with E-state index >= 15 is 0 Å². The van der Waals surface area contributed by atoms with Gasteiger partial charge >= 0.3 is 0 Å². The minimum absolute atomic E-state index is 0.207. The van der Waals surface area contributed by atoms with Gasteiger partial charge in [0, 0.05) is 25.7 Å². The van der Waals surface area contributed by atoms with Crippen LogP contribution in [0.15, 0.2) is 12.3 Å². The molecule has 98 valence electrons. The Labute approximate surface area is 107 Å². The van der Waals surface area contributed by atoms with Crippen LogP contribution in [0.3, 0.4) is 0 Å². The second kappa shape index (κ2) is 5.25. The van der Waals surface area contributed by atoms with E-state index in [1.165, 1.54) is 0 Å². The summed E-state index contributed by atoms with van der Waals surface area (Å²) in [5.74, 6) is 1.07. The number of amides is 1. The van der Waals surface area contributed by atoms with E-state index in [0.717, 1.165) is 43.0 Å². The highest BCUT2D eigenvalue weighted by Gasteiger charge is 2.22. The number of primary amides is 1. The Balaban J connectivity index is 2.01. The van der Waals surface area contributed by atoms with E-state index in [1.54, 1.807) is 6.20 Å². The van der Waals surface area contributed by atoms with E-state index < -0.39 is 0 Å². The average Bonchev–Trinajstić information content (AvgIpc) is 2.33. The highest BCUT2D eigenvalue weighted by atomic mass is 16.1. The number of piperidine rings is 1. The highest BCUT2D eigenvalue weighted by Crippen LogP contribution is 2.28. The Bertz CT molecular complexity index is 439. The minimum Gasteiger partial charge on any atom is -0.396 e. The van der Waals surface area contributed by atoms with E-state index in [-0.39, 0.29) is 5.91 Å². The van der Waals surface area contributed by atoms with Gasteiger partial charge in [0.1, 0.15) is 0 Å². The predicted molar refractivity (Wildman–Crippen MR) is 72.1 cm³/mol. The Kier molecular flexibility index (Phi) is 3.69. The molecule has 5 heteroatoms. The smallest absolute Gasteiger partial charge is 0.217 e. The second-order valence-electron chi connectivity index (χ2n) is 4.97. The van der Waals surface area contributed by atoms with Crippen molar-refractivity contribution in [2.45, 2.75) is 26.2 Å². The van der Waals surface area contributed by atoms with Crippen molar-refractivity contribution in [2.75, 3.05) is 23.7 Å². The lowest BCUT2D eigenvalue weighted by atomic mass is 9.93. The molecule has 1 aliphatic rings. The molecule has 4 N–H and O–H groups in total. The van der Waals surface area contributed by atoms with E-state index in [9.17, 15) is 4.79 Å². The van der Waals surface area contributed by atoms with Crippen LogP contribution in [0.4, 0.5) is 11.5 Å². The number of rotatable bonds is 3. The van der Waals surface area contributed by atoms with Crippen LogP contribution in [0.1, 0.15) is 24.8 Å². The molecular formula is C13H20N4O. The van der Waals surface area contributed by atoms with Gasteiger partial charge in [0.05, 0.1) is 5.69 Å². The fourth-order valence-corrected chi connectivity index (χ4v) is 2.44. The van der Waals surface area contributed by atoms with E-state index in [4.69, 9.17) is 11.5 Å². The molecule has 1 aromatic rings. The zero-order valence-corrected chi connectivity index (χ0v) is 10.7. The third kappa shape index (κ3) is 2.72. The molecule has 1 aromatic heterocycles. The number of nitrogen functional groups attached to an aromatic ring is 1. The summed E-state index contributed by atoms with van der Waals surface area (Å²) in [7, 11) is 0. The second-order valence-corrected chi connectivity index (χ2v) is 4.97. The van der Waals surface area contributed by atoms with Crippen LogP contribution in [-0.4, -0.2) is 24.0 Å². The zero-order chi connectivity index (χ0) is 13.1. The first-order valence-electron chi connectivity index (χ1n) is 6.32. The summed E-state index contributed by atoms with van der Waals surface area (Å²) in [5.41, 5.74) is 13.1. The van der Waals surface area contributed by atoms with Gasteiger partial charge in [-0.1, -0.05) is 0 Å². The molecule has 0 radical (unpaired) electrons. The maximum absolute atomic E-state index is 10.9. The molecule has 0 spiro atoms. The maximum atomic E-state index is 10.9. The Morgan fingerprint density at radius 2 is 2.17 bits per heavy atom. The summed E-state index contributed by atoms with van der Waals surface area (Å²) >= 11 is 0. The quantitative estimate of drug-likeness (QED) is 0.837. The Morgan fingerprint density at radius 3 is 2.78 bits per heavy atom. The molecule has 1 saturated heterocycles. The summed E-state index contributed by atoms with van der Waals surface area (Å²) in [6, 6.07) is 1.92. The van der Waals surface area contributed by atoms with Gasteiger partial charge in [0.2, 0.25) is 5.91 Å². The Hall–Kier alpha value is -1.78. The number of hydrogen-bond donors (Lipinski definition) is 2. The number of pyridine rings is 1. The monoisotopic (exact) mass is 248 g/mol. The van der Waals surface area contributed by atoms with Gasteiger partial charge in [-0.15, -0.1) is 0 Å². The number of carbonyl (C=O) groups is 1. The lowest BCUT2D eigenvalue weighted by molar-refractivity contribution is -0.119. The largest absolute Gasteiger partial charge is 0.396 e. The molecule has 0 unspecified atom stereocenters. The van der Waals surface area contributed by atoms with Crippen LogP contribution in [0.25, 0.3) is 0 Å². The number of aromatic nitrogens is 1. The van der Waals surface area contributed by atoms with Crippen LogP contribution in [0, 0.1) is 12.8 Å². The van der Waals surface area contributed by atoms with Gasteiger partial charge in [-0.3, -0.25) is 4.79 Å². The summed E-state index contributed by atoms with van der Waals surface area (Å²) in [4.78, 5) is 17.4. The molecule has 2 heterocycles. The number of hydrogen-bond acceptors (Lipinski definition) is 4. The molecule has 0 aliphatic carbocycles. The van der Waals surface area contributed by atoms with E-state index in [0.29, 0.717) is 12.3 Å². The van der Waals surface area contributed by atoms with Gasteiger partial charge < -0.3 is 16.4 Å². The molecule has 1 aliphatic heterocycles. The summed E-state index contributed by atoms with van der Waals surface area (Å²) < 4.78 is 0. The van der Waals surface area contributed by atoms with Gasteiger partial charge in [0.15, 0.2) is 5.82 Å². The Morgan fingerprint density at radius 1 is 1.50 bits per heavy atom. The maximum Gasteiger partial charge on any atom is 0.217 e. The van der Waals surface area contributed by atoms with Gasteiger partial charge in [-0.2, -0.15) is 0 Å². The number of carbonyl (C=O) groups excluding carboxylic acids is 1. The molecule has 0 saturated carbocycles. The first-order valence-corrected chi connectivity index (χ1v) is 6.32. The first kappa shape index (κ1) is 12.7. The molecule has 1 amide bonds. The van der Waals surface area contributed by atoms with Crippen molar-refractivity contribution < 1.29 is 4.79 Å². The van der Waals surface area contributed by atoms with Gasteiger partial charge in [0.25, 0.3) is 0 Å². The van der Waals surface area contributed by atoms with Gasteiger partial charge in [-0.05, 0) is 37.3 Å².